The maximum Gasteiger partial charge on any atom is -0.00240 e. The molecular formula is C35H38P2. The van der Waals surface area contributed by atoms with Crippen LogP contribution in [-0.4, -0.2) is 11.3 Å². The minimum Gasteiger partial charge on any atom is -0.0587 e. The van der Waals surface area contributed by atoms with Gasteiger partial charge in [-0.2, -0.15) is 0 Å². The van der Waals surface area contributed by atoms with Crippen LogP contribution in [0.4, 0.5) is 0 Å². The summed E-state index contributed by atoms with van der Waals surface area (Å²) in [6.07, 6.45) is 4.24. The molecule has 0 radical (unpaired) electrons. The first-order valence-corrected chi connectivity index (χ1v) is 16.7. The first-order valence-electron chi connectivity index (χ1n) is 13.8. The molecule has 0 unspecified atom stereocenters. The van der Waals surface area contributed by atoms with Gasteiger partial charge < -0.3 is 0 Å². The molecule has 188 valence electrons. The van der Waals surface area contributed by atoms with Crippen molar-refractivity contribution in [1.82, 2.24) is 0 Å². The molecule has 4 atom stereocenters. The third-order valence-corrected chi connectivity index (χ3v) is 15.0. The Morgan fingerprint density at radius 3 is 0.892 bits per heavy atom. The molecule has 0 aromatic heterocycles. The molecule has 2 aliphatic rings. The molecule has 4 aromatic rings. The Morgan fingerprint density at radius 2 is 0.649 bits per heavy atom. The van der Waals surface area contributed by atoms with Crippen LogP contribution < -0.4 is 21.2 Å². The molecule has 6 rings (SSSR count). The fraction of sp³-hybridized carbons (Fsp3) is 0.314. The van der Waals surface area contributed by atoms with Gasteiger partial charge >= 0.3 is 0 Å². The Morgan fingerprint density at radius 1 is 0.405 bits per heavy atom. The van der Waals surface area contributed by atoms with E-state index in [2.05, 4.69) is 125 Å². The van der Waals surface area contributed by atoms with E-state index >= 15 is 0 Å². The third-order valence-electron chi connectivity index (χ3n) is 8.67. The molecular weight excluding hydrogens is 482 g/mol. The molecule has 0 aliphatic heterocycles. The summed E-state index contributed by atoms with van der Waals surface area (Å²) in [6, 6.07) is 38.3. The van der Waals surface area contributed by atoms with Gasteiger partial charge in [-0.1, -0.05) is 119 Å². The second kappa shape index (κ2) is 10.5. The SMILES string of the molecule is Cc1ccc(P(c2ccc(C)cc2)[C@@H]2[C@@H]3CC[C@@H](C3)[C@H]2P(c2ccc(C)cc2)c2ccc(C)cc2)cc1. The number of hydrogen-bond acceptors (Lipinski definition) is 0. The lowest BCUT2D eigenvalue weighted by molar-refractivity contribution is 0.498. The normalized spacial score (nSPS) is 22.8. The quantitative estimate of drug-likeness (QED) is 0.229. The van der Waals surface area contributed by atoms with Crippen LogP contribution in [0.2, 0.25) is 0 Å². The van der Waals surface area contributed by atoms with Crippen molar-refractivity contribution in [2.24, 2.45) is 11.8 Å². The monoisotopic (exact) mass is 520 g/mol. The Balaban J connectivity index is 1.51. The van der Waals surface area contributed by atoms with Gasteiger partial charge in [-0.15, -0.1) is 0 Å². The molecule has 2 heteroatoms. The lowest BCUT2D eigenvalue weighted by Gasteiger charge is -2.42. The smallest absolute Gasteiger partial charge is 0.00240 e. The Hall–Kier alpha value is -2.26. The molecule has 4 aromatic carbocycles. The summed E-state index contributed by atoms with van der Waals surface area (Å²) >= 11 is 0. The average Bonchev–Trinajstić information content (AvgIpc) is 3.52. The molecule has 0 saturated heterocycles. The number of hydrogen-bond donors (Lipinski definition) is 0. The predicted molar refractivity (Wildman–Crippen MR) is 165 cm³/mol. The predicted octanol–water partition coefficient (Wildman–Crippen LogP) is 7.65. The van der Waals surface area contributed by atoms with Crippen molar-refractivity contribution < 1.29 is 0 Å². The van der Waals surface area contributed by atoms with Crippen LogP contribution in [0.3, 0.4) is 0 Å². The average molecular weight is 521 g/mol. The summed E-state index contributed by atoms with van der Waals surface area (Å²) in [5, 5.41) is 6.26. The number of fused-ring (bicyclic) bond motifs is 2. The fourth-order valence-corrected chi connectivity index (χ4v) is 13.9. The van der Waals surface area contributed by atoms with Gasteiger partial charge in [0.1, 0.15) is 0 Å². The second-order valence-electron chi connectivity index (χ2n) is 11.4. The lowest BCUT2D eigenvalue weighted by Crippen LogP contribution is -2.39. The van der Waals surface area contributed by atoms with Gasteiger partial charge in [0, 0.05) is 0 Å². The van der Waals surface area contributed by atoms with Crippen LogP contribution in [0, 0.1) is 39.5 Å². The van der Waals surface area contributed by atoms with Crippen molar-refractivity contribution >= 4 is 37.1 Å². The van der Waals surface area contributed by atoms with E-state index < -0.39 is 15.8 Å². The minimum absolute atomic E-state index is 0.440. The Labute approximate surface area is 226 Å². The number of rotatable bonds is 6. The van der Waals surface area contributed by atoms with Crippen molar-refractivity contribution in [1.29, 1.82) is 0 Å². The molecule has 0 spiro atoms. The van der Waals surface area contributed by atoms with Gasteiger partial charge in [0.15, 0.2) is 0 Å². The maximum atomic E-state index is 2.45. The van der Waals surface area contributed by atoms with Crippen molar-refractivity contribution in [2.75, 3.05) is 0 Å². The lowest BCUT2D eigenvalue weighted by atomic mass is 9.99. The van der Waals surface area contributed by atoms with Crippen molar-refractivity contribution in [3.63, 3.8) is 0 Å². The summed E-state index contributed by atoms with van der Waals surface area (Å²) in [5.74, 6) is 1.68. The van der Waals surface area contributed by atoms with Gasteiger partial charge in [0.05, 0.1) is 0 Å². The summed E-state index contributed by atoms with van der Waals surface area (Å²) in [7, 11) is -0.880. The van der Waals surface area contributed by atoms with E-state index in [-0.39, 0.29) is 0 Å². The van der Waals surface area contributed by atoms with E-state index in [1.807, 2.05) is 0 Å². The first kappa shape index (κ1) is 25.0. The summed E-state index contributed by atoms with van der Waals surface area (Å²) in [5.41, 5.74) is 6.88. The first-order chi connectivity index (χ1) is 18.0. The van der Waals surface area contributed by atoms with Crippen LogP contribution in [0.15, 0.2) is 97.1 Å². The van der Waals surface area contributed by atoms with E-state index in [9.17, 15) is 0 Å². The van der Waals surface area contributed by atoms with E-state index in [4.69, 9.17) is 0 Å². The molecule has 0 heterocycles. The zero-order valence-corrected chi connectivity index (χ0v) is 24.4. The highest BCUT2D eigenvalue weighted by Crippen LogP contribution is 2.66. The maximum absolute atomic E-state index is 2.45. The van der Waals surface area contributed by atoms with Crippen LogP contribution in [0.25, 0.3) is 0 Å². The van der Waals surface area contributed by atoms with Crippen LogP contribution >= 0.6 is 15.8 Å². The zero-order chi connectivity index (χ0) is 25.5. The zero-order valence-electron chi connectivity index (χ0n) is 22.6. The van der Waals surface area contributed by atoms with Gasteiger partial charge in [0.2, 0.25) is 0 Å². The molecule has 37 heavy (non-hydrogen) atoms. The van der Waals surface area contributed by atoms with Gasteiger partial charge in [0.25, 0.3) is 0 Å². The van der Waals surface area contributed by atoms with E-state index in [1.54, 1.807) is 21.2 Å². The Kier molecular flexibility index (Phi) is 7.09. The Bertz CT molecular complexity index is 1140. The molecule has 0 N–H and O–H groups in total. The highest BCUT2D eigenvalue weighted by Gasteiger charge is 2.54. The van der Waals surface area contributed by atoms with E-state index in [0.717, 1.165) is 23.2 Å². The van der Waals surface area contributed by atoms with Gasteiger partial charge in [-0.25, -0.2) is 0 Å². The minimum atomic E-state index is -0.440. The molecule has 2 fully saturated rings. The summed E-state index contributed by atoms with van der Waals surface area (Å²) in [6.45, 7) is 8.86. The van der Waals surface area contributed by atoms with Crippen molar-refractivity contribution in [3.05, 3.63) is 119 Å². The molecule has 2 bridgehead atoms. The molecule has 2 saturated carbocycles. The topological polar surface area (TPSA) is 0 Å². The molecule has 0 nitrogen and oxygen atoms in total. The summed E-state index contributed by atoms with van der Waals surface area (Å²) < 4.78 is 0. The van der Waals surface area contributed by atoms with Gasteiger partial charge in [-0.05, 0) is 107 Å². The second-order valence-corrected chi connectivity index (χ2v) is 16.1. The third kappa shape index (κ3) is 4.97. The molecule has 0 amide bonds. The number of aryl methyl sites for hydroxylation is 4. The highest BCUT2D eigenvalue weighted by molar-refractivity contribution is 7.77. The van der Waals surface area contributed by atoms with Crippen LogP contribution in [-0.2, 0) is 0 Å². The highest BCUT2D eigenvalue weighted by atomic mass is 31.1. The van der Waals surface area contributed by atoms with Crippen LogP contribution in [0.5, 0.6) is 0 Å². The molecule has 2 aliphatic carbocycles. The largest absolute Gasteiger partial charge is 0.0587 e. The standard InChI is InChI=1S/C35H38P2/c1-24-5-15-30(16-6-24)36(31-17-7-25(2)8-18-31)34-28-13-14-29(23-28)35(34)37(32-19-9-26(3)10-20-32)33-21-11-27(4)12-22-33/h5-12,15-22,28-29,34-35H,13-14,23H2,1-4H3/t28-,29+,34-,35-/m1/s1. The van der Waals surface area contributed by atoms with E-state index in [1.165, 1.54) is 41.5 Å². The summed E-state index contributed by atoms with van der Waals surface area (Å²) in [4.78, 5) is 0. The van der Waals surface area contributed by atoms with Crippen molar-refractivity contribution in [2.45, 2.75) is 58.3 Å². The fourth-order valence-electron chi connectivity index (χ4n) is 6.77. The van der Waals surface area contributed by atoms with Crippen LogP contribution in [0.1, 0.15) is 41.5 Å². The number of benzene rings is 4. The van der Waals surface area contributed by atoms with Crippen molar-refractivity contribution in [3.8, 4) is 0 Å². The van der Waals surface area contributed by atoms with E-state index in [0.29, 0.717) is 0 Å². The van der Waals surface area contributed by atoms with Gasteiger partial charge in [-0.3, -0.25) is 0 Å².